The minimum absolute atomic E-state index is 0.152. The van der Waals surface area contributed by atoms with Crippen molar-refractivity contribution in [2.45, 2.75) is 38.8 Å². The van der Waals surface area contributed by atoms with Gasteiger partial charge in [0.15, 0.2) is 6.23 Å². The molecule has 2 aromatic heterocycles. The second-order valence-electron chi connectivity index (χ2n) is 7.29. The molecule has 10 nitrogen and oxygen atoms in total. The number of para-hydroxylation sites is 1. The van der Waals surface area contributed by atoms with Gasteiger partial charge in [-0.1, -0.05) is 12.1 Å². The van der Waals surface area contributed by atoms with Crippen LogP contribution in [0.15, 0.2) is 24.3 Å². The Labute approximate surface area is 165 Å². The molecular weight excluding hydrogens is 376 g/mol. The fourth-order valence-corrected chi connectivity index (χ4v) is 3.97. The normalized spacial score (nSPS) is 19.9. The molecule has 0 radical (unpaired) electrons. The van der Waals surface area contributed by atoms with Gasteiger partial charge in [0.1, 0.15) is 17.0 Å². The van der Waals surface area contributed by atoms with Crippen molar-refractivity contribution in [3.05, 3.63) is 41.1 Å². The molecule has 0 aliphatic heterocycles. The van der Waals surface area contributed by atoms with Crippen LogP contribution in [0.5, 0.6) is 5.75 Å². The lowest BCUT2D eigenvalue weighted by molar-refractivity contribution is -0.131. The van der Waals surface area contributed by atoms with Crippen molar-refractivity contribution in [3.63, 3.8) is 0 Å². The number of ether oxygens (including phenoxy) is 2. The molecule has 0 saturated heterocycles. The minimum Gasteiger partial charge on any atom is -0.436 e. The monoisotopic (exact) mass is 394 g/mol. The number of H-pyrrole nitrogens is 1. The highest BCUT2D eigenvalue weighted by Gasteiger charge is 2.49. The second kappa shape index (κ2) is 6.50. The summed E-state index contributed by atoms with van der Waals surface area (Å²) in [6, 6.07) is 6.44. The summed E-state index contributed by atoms with van der Waals surface area (Å²) < 4.78 is 12.4. The molecule has 1 saturated carbocycles. The van der Waals surface area contributed by atoms with Crippen LogP contribution in [-0.4, -0.2) is 42.3 Å². The van der Waals surface area contributed by atoms with E-state index in [9.17, 15) is 9.59 Å². The van der Waals surface area contributed by atoms with Crippen LogP contribution in [0.2, 0.25) is 0 Å². The summed E-state index contributed by atoms with van der Waals surface area (Å²) >= 11 is 0. The zero-order chi connectivity index (χ0) is 20.1. The fraction of sp³-hybridized carbons (Fsp3) is 0.368. The van der Waals surface area contributed by atoms with E-state index in [4.69, 9.17) is 14.6 Å². The number of fused-ring (bicyclic) bond motifs is 3. The van der Waals surface area contributed by atoms with Crippen LogP contribution >= 0.6 is 0 Å². The Morgan fingerprint density at radius 2 is 2.14 bits per heavy atom. The minimum atomic E-state index is -0.718. The molecule has 3 atom stereocenters. The Morgan fingerprint density at radius 3 is 2.90 bits per heavy atom. The Hall–Kier alpha value is -3.56. The molecule has 148 valence electrons. The number of hydrogen-bond acceptors (Lipinski definition) is 8. The third-order valence-electron chi connectivity index (χ3n) is 5.32. The van der Waals surface area contributed by atoms with Crippen LogP contribution in [0.4, 0.5) is 0 Å². The summed E-state index contributed by atoms with van der Waals surface area (Å²) in [4.78, 5) is 24.1. The third-order valence-corrected chi connectivity index (χ3v) is 5.32. The van der Waals surface area contributed by atoms with E-state index in [1.165, 1.54) is 6.92 Å². The molecule has 2 heterocycles. The third kappa shape index (κ3) is 2.96. The van der Waals surface area contributed by atoms with Gasteiger partial charge >= 0.3 is 11.9 Å². The quantitative estimate of drug-likeness (QED) is 0.515. The van der Waals surface area contributed by atoms with E-state index in [1.54, 1.807) is 35.9 Å². The number of nitrogens with zero attached hydrogens (tertiary/aromatic N) is 5. The molecule has 2 aliphatic rings. The lowest BCUT2D eigenvalue weighted by atomic mass is 10.1. The number of rotatable bonds is 5. The number of nitrogens with one attached hydrogen (secondary N) is 1. The number of carbonyl (C=O) groups excluding carboxylic acids is 2. The molecule has 0 amide bonds. The molecule has 0 bridgehead atoms. The summed E-state index contributed by atoms with van der Waals surface area (Å²) in [5.74, 6) is 0.543. The van der Waals surface area contributed by atoms with Crippen LogP contribution in [-0.2, 0) is 16.0 Å². The summed E-state index contributed by atoms with van der Waals surface area (Å²) in [6.07, 6.45) is 1.34. The first-order chi connectivity index (χ1) is 14.0. The lowest BCUT2D eigenvalue weighted by Gasteiger charge is -2.17. The highest BCUT2D eigenvalue weighted by Crippen LogP contribution is 2.57. The Bertz CT molecular complexity index is 1110. The van der Waals surface area contributed by atoms with Crippen LogP contribution in [0.3, 0.4) is 0 Å². The van der Waals surface area contributed by atoms with Crippen molar-refractivity contribution < 1.29 is 19.1 Å². The molecule has 29 heavy (non-hydrogen) atoms. The molecule has 3 unspecified atom stereocenters. The smallest absolute Gasteiger partial charge is 0.343 e. The van der Waals surface area contributed by atoms with Crippen molar-refractivity contribution in [3.8, 4) is 17.3 Å². The Morgan fingerprint density at radius 1 is 1.31 bits per heavy atom. The maximum Gasteiger partial charge on any atom is 0.343 e. The van der Waals surface area contributed by atoms with Crippen LogP contribution < -0.4 is 4.74 Å². The first-order valence-electron chi connectivity index (χ1n) is 9.36. The maximum atomic E-state index is 12.8. The Kier molecular flexibility index (Phi) is 3.93. The SMILES string of the molecule is CC(=O)Oc1ccccc1C(=O)OC(C)n1nc2c(c1-c1nn[nH]n1)CC1CC21. The van der Waals surface area contributed by atoms with Crippen LogP contribution in [0, 0.1) is 5.92 Å². The van der Waals surface area contributed by atoms with E-state index in [0.29, 0.717) is 17.7 Å². The summed E-state index contributed by atoms with van der Waals surface area (Å²) in [5, 5.41) is 19.0. The molecule has 1 fully saturated rings. The topological polar surface area (TPSA) is 125 Å². The van der Waals surface area contributed by atoms with Gasteiger partial charge in [-0.25, -0.2) is 9.48 Å². The number of hydrogen-bond donors (Lipinski definition) is 1. The molecule has 2 aliphatic carbocycles. The second-order valence-corrected chi connectivity index (χ2v) is 7.29. The van der Waals surface area contributed by atoms with Crippen molar-refractivity contribution in [2.75, 3.05) is 0 Å². The molecule has 5 rings (SSSR count). The number of aromatic amines is 1. The molecule has 1 N–H and O–H groups in total. The van der Waals surface area contributed by atoms with Gasteiger partial charge < -0.3 is 9.47 Å². The van der Waals surface area contributed by atoms with Crippen LogP contribution in [0.25, 0.3) is 11.5 Å². The van der Waals surface area contributed by atoms with E-state index in [1.807, 2.05) is 0 Å². The maximum absolute atomic E-state index is 12.8. The lowest BCUT2D eigenvalue weighted by Crippen LogP contribution is -2.18. The van der Waals surface area contributed by atoms with E-state index >= 15 is 0 Å². The van der Waals surface area contributed by atoms with E-state index < -0.39 is 18.2 Å². The Balaban J connectivity index is 1.45. The number of tetrazole rings is 1. The number of aromatic nitrogens is 6. The predicted octanol–water partition coefficient (Wildman–Crippen LogP) is 2.02. The standard InChI is InChI=1S/C19H18N6O4/c1-9(28-19(27)12-5-3-4-6-15(12)29-10(2)26)25-17(18-20-23-24-21-18)14-8-11-7-13(11)16(14)22-25/h3-6,9,11,13H,7-8H2,1-2H3,(H,20,21,23,24). The van der Waals surface area contributed by atoms with Gasteiger partial charge in [-0.05, 0) is 43.0 Å². The van der Waals surface area contributed by atoms with Gasteiger partial charge in [-0.15, -0.1) is 10.2 Å². The predicted molar refractivity (Wildman–Crippen MR) is 97.8 cm³/mol. The van der Waals surface area contributed by atoms with Crippen molar-refractivity contribution >= 4 is 11.9 Å². The fourth-order valence-electron chi connectivity index (χ4n) is 3.97. The van der Waals surface area contributed by atoms with Gasteiger partial charge in [0.05, 0.1) is 5.69 Å². The largest absolute Gasteiger partial charge is 0.436 e. The number of carbonyl (C=O) groups is 2. The first-order valence-corrected chi connectivity index (χ1v) is 9.36. The van der Waals surface area contributed by atoms with Crippen molar-refractivity contribution in [1.29, 1.82) is 0 Å². The van der Waals surface area contributed by atoms with Gasteiger partial charge in [-0.3, -0.25) is 4.79 Å². The highest BCUT2D eigenvalue weighted by atomic mass is 16.6. The summed E-state index contributed by atoms with van der Waals surface area (Å²) in [7, 11) is 0. The zero-order valence-electron chi connectivity index (χ0n) is 15.8. The van der Waals surface area contributed by atoms with E-state index in [0.717, 1.165) is 29.8 Å². The van der Waals surface area contributed by atoms with Crippen molar-refractivity contribution in [1.82, 2.24) is 30.4 Å². The van der Waals surface area contributed by atoms with Gasteiger partial charge in [0.2, 0.25) is 5.82 Å². The van der Waals surface area contributed by atoms with E-state index in [-0.39, 0.29) is 11.3 Å². The summed E-state index contributed by atoms with van der Waals surface area (Å²) in [5.41, 5.74) is 3.00. The average Bonchev–Trinajstić information content (AvgIpc) is 3.03. The van der Waals surface area contributed by atoms with E-state index in [2.05, 4.69) is 20.6 Å². The summed E-state index contributed by atoms with van der Waals surface area (Å²) in [6.45, 7) is 3.00. The molecule has 0 spiro atoms. The molecule has 3 aromatic rings. The van der Waals surface area contributed by atoms with Crippen molar-refractivity contribution in [2.24, 2.45) is 5.92 Å². The average molecular weight is 394 g/mol. The zero-order valence-corrected chi connectivity index (χ0v) is 15.8. The molecule has 10 heteroatoms. The first kappa shape index (κ1) is 17.5. The van der Waals surface area contributed by atoms with Gasteiger partial charge in [0, 0.05) is 18.4 Å². The highest BCUT2D eigenvalue weighted by molar-refractivity contribution is 5.93. The van der Waals surface area contributed by atoms with Gasteiger partial charge in [-0.2, -0.15) is 10.3 Å². The molecular formula is C19H18N6O4. The number of benzene rings is 1. The number of esters is 2. The van der Waals surface area contributed by atoms with Gasteiger partial charge in [0.25, 0.3) is 0 Å². The van der Waals surface area contributed by atoms with Crippen LogP contribution in [0.1, 0.15) is 54.0 Å². The molecule has 1 aromatic carbocycles.